The molecule has 0 radical (unpaired) electrons. The smallest absolute Gasteiger partial charge is 0.339 e. The third-order valence-electron chi connectivity index (χ3n) is 1.99. The molecular formula is C12H16O4. The molecule has 0 amide bonds. The van der Waals surface area contributed by atoms with Crippen molar-refractivity contribution >= 4 is 5.97 Å². The van der Waals surface area contributed by atoms with Crippen molar-refractivity contribution in [1.29, 1.82) is 0 Å². The number of ether oxygens (including phenoxy) is 2. The maximum Gasteiger partial charge on any atom is 0.339 e. The molecule has 0 fully saturated rings. The summed E-state index contributed by atoms with van der Waals surface area (Å²) in [5, 5.41) is 8.96. The summed E-state index contributed by atoms with van der Waals surface area (Å²) in [5.41, 5.74) is 0.115. The zero-order valence-electron chi connectivity index (χ0n) is 9.69. The first-order chi connectivity index (χ1) is 7.56. The minimum atomic E-state index is -1.02. The fourth-order valence-electron chi connectivity index (χ4n) is 1.26. The molecule has 1 aromatic carbocycles. The van der Waals surface area contributed by atoms with E-state index < -0.39 is 5.97 Å². The molecule has 0 aliphatic heterocycles. The van der Waals surface area contributed by atoms with E-state index in [-0.39, 0.29) is 11.3 Å². The molecular weight excluding hydrogens is 208 g/mol. The van der Waals surface area contributed by atoms with Crippen LogP contribution in [0.15, 0.2) is 18.2 Å². The van der Waals surface area contributed by atoms with Crippen molar-refractivity contribution in [3.63, 3.8) is 0 Å². The van der Waals surface area contributed by atoms with Gasteiger partial charge in [-0.05, 0) is 18.1 Å². The largest absolute Gasteiger partial charge is 0.492 e. The summed E-state index contributed by atoms with van der Waals surface area (Å²) >= 11 is 0. The Morgan fingerprint density at radius 2 is 2.12 bits per heavy atom. The Bertz CT molecular complexity index is 371. The van der Waals surface area contributed by atoms with Crippen LogP contribution in [-0.4, -0.2) is 24.8 Å². The topological polar surface area (TPSA) is 55.8 Å². The van der Waals surface area contributed by atoms with Gasteiger partial charge in [-0.2, -0.15) is 0 Å². The van der Waals surface area contributed by atoms with Crippen LogP contribution in [0.3, 0.4) is 0 Å². The molecule has 0 aliphatic carbocycles. The second-order valence-electron chi connectivity index (χ2n) is 3.85. The van der Waals surface area contributed by atoms with Crippen LogP contribution in [0.4, 0.5) is 0 Å². The second kappa shape index (κ2) is 5.39. The molecule has 0 spiro atoms. The van der Waals surface area contributed by atoms with E-state index >= 15 is 0 Å². The van der Waals surface area contributed by atoms with Crippen molar-refractivity contribution in [1.82, 2.24) is 0 Å². The molecule has 0 heterocycles. The van der Waals surface area contributed by atoms with Crippen LogP contribution in [0.25, 0.3) is 0 Å². The third kappa shape index (κ3) is 2.89. The molecule has 16 heavy (non-hydrogen) atoms. The number of methoxy groups -OCH3 is 1. The molecule has 0 atom stereocenters. The number of hydrogen-bond acceptors (Lipinski definition) is 3. The van der Waals surface area contributed by atoms with Crippen molar-refractivity contribution in [2.45, 2.75) is 13.8 Å². The Hall–Kier alpha value is -1.71. The van der Waals surface area contributed by atoms with E-state index in [1.54, 1.807) is 12.1 Å². The molecule has 0 saturated carbocycles. The summed E-state index contributed by atoms with van der Waals surface area (Å²) < 4.78 is 10.6. The second-order valence-corrected chi connectivity index (χ2v) is 3.85. The van der Waals surface area contributed by atoms with Crippen molar-refractivity contribution in [2.24, 2.45) is 5.92 Å². The number of carbonyl (C=O) groups is 1. The molecule has 4 heteroatoms. The molecule has 0 bridgehead atoms. The summed E-state index contributed by atoms with van der Waals surface area (Å²) in [5.74, 6) is 0.0942. The van der Waals surface area contributed by atoms with Crippen molar-refractivity contribution in [3.8, 4) is 11.5 Å². The van der Waals surface area contributed by atoms with Gasteiger partial charge in [-0.25, -0.2) is 4.79 Å². The first kappa shape index (κ1) is 12.4. The molecule has 1 aromatic rings. The van der Waals surface area contributed by atoms with Gasteiger partial charge in [-0.15, -0.1) is 0 Å². The number of benzene rings is 1. The monoisotopic (exact) mass is 224 g/mol. The minimum Gasteiger partial charge on any atom is -0.492 e. The molecule has 1 rings (SSSR count). The Balaban J connectivity index is 2.99. The minimum absolute atomic E-state index is 0.115. The van der Waals surface area contributed by atoms with E-state index in [9.17, 15) is 4.79 Å². The van der Waals surface area contributed by atoms with E-state index in [0.29, 0.717) is 18.3 Å². The number of carboxylic acid groups (broad SMARTS) is 1. The fraction of sp³-hybridized carbons (Fsp3) is 0.417. The zero-order chi connectivity index (χ0) is 12.1. The summed E-state index contributed by atoms with van der Waals surface area (Å²) in [4.78, 5) is 10.9. The van der Waals surface area contributed by atoms with Gasteiger partial charge in [0.25, 0.3) is 0 Å². The van der Waals surface area contributed by atoms with Gasteiger partial charge in [0.05, 0.1) is 13.7 Å². The first-order valence-electron chi connectivity index (χ1n) is 5.09. The van der Waals surface area contributed by atoms with Crippen LogP contribution in [0, 0.1) is 5.92 Å². The first-order valence-corrected chi connectivity index (χ1v) is 5.09. The zero-order valence-corrected chi connectivity index (χ0v) is 9.69. The van der Waals surface area contributed by atoms with Gasteiger partial charge in [0.2, 0.25) is 0 Å². The van der Waals surface area contributed by atoms with E-state index in [4.69, 9.17) is 14.6 Å². The summed E-state index contributed by atoms with van der Waals surface area (Å²) in [6, 6.07) is 4.83. The fourth-order valence-corrected chi connectivity index (χ4v) is 1.26. The molecule has 0 unspecified atom stereocenters. The Kier molecular flexibility index (Phi) is 4.17. The van der Waals surface area contributed by atoms with Crippen LogP contribution in [-0.2, 0) is 0 Å². The lowest BCUT2D eigenvalue weighted by molar-refractivity contribution is 0.0692. The van der Waals surface area contributed by atoms with Gasteiger partial charge < -0.3 is 14.6 Å². The summed E-state index contributed by atoms with van der Waals surface area (Å²) in [7, 11) is 1.43. The highest BCUT2D eigenvalue weighted by Gasteiger charge is 2.15. The van der Waals surface area contributed by atoms with Gasteiger partial charge >= 0.3 is 5.97 Å². The Labute approximate surface area is 94.8 Å². The van der Waals surface area contributed by atoms with Gasteiger partial charge in [0, 0.05) is 0 Å². The van der Waals surface area contributed by atoms with Crippen molar-refractivity contribution in [3.05, 3.63) is 23.8 Å². The molecule has 0 aromatic heterocycles. The van der Waals surface area contributed by atoms with E-state index in [0.717, 1.165) is 0 Å². The summed E-state index contributed by atoms with van der Waals surface area (Å²) in [6.07, 6.45) is 0. The number of hydrogen-bond donors (Lipinski definition) is 1. The number of rotatable bonds is 5. The lowest BCUT2D eigenvalue weighted by Gasteiger charge is -2.13. The number of aromatic carboxylic acids is 1. The van der Waals surface area contributed by atoms with Gasteiger partial charge in [0.15, 0.2) is 11.5 Å². The highest BCUT2D eigenvalue weighted by Crippen LogP contribution is 2.31. The van der Waals surface area contributed by atoms with Crippen molar-refractivity contribution < 1.29 is 19.4 Å². The number of carboxylic acids is 1. The molecule has 88 valence electrons. The van der Waals surface area contributed by atoms with Crippen LogP contribution >= 0.6 is 0 Å². The Morgan fingerprint density at radius 1 is 1.44 bits per heavy atom. The van der Waals surface area contributed by atoms with E-state index in [1.807, 2.05) is 13.8 Å². The average molecular weight is 224 g/mol. The van der Waals surface area contributed by atoms with Gasteiger partial charge in [-0.1, -0.05) is 19.9 Å². The van der Waals surface area contributed by atoms with E-state index in [1.165, 1.54) is 13.2 Å². The molecule has 0 saturated heterocycles. The Morgan fingerprint density at radius 3 is 2.62 bits per heavy atom. The molecule has 0 aliphatic rings. The van der Waals surface area contributed by atoms with Crippen molar-refractivity contribution in [2.75, 3.05) is 13.7 Å². The maximum absolute atomic E-state index is 10.9. The predicted octanol–water partition coefficient (Wildman–Crippen LogP) is 2.43. The van der Waals surface area contributed by atoms with E-state index in [2.05, 4.69) is 0 Å². The lowest BCUT2D eigenvalue weighted by Crippen LogP contribution is -2.07. The summed E-state index contributed by atoms with van der Waals surface area (Å²) in [6.45, 7) is 4.57. The third-order valence-corrected chi connectivity index (χ3v) is 1.99. The van der Waals surface area contributed by atoms with Gasteiger partial charge in [-0.3, -0.25) is 0 Å². The molecule has 4 nitrogen and oxygen atoms in total. The number of para-hydroxylation sites is 1. The quantitative estimate of drug-likeness (QED) is 0.834. The predicted molar refractivity (Wildman–Crippen MR) is 60.3 cm³/mol. The van der Waals surface area contributed by atoms with Gasteiger partial charge in [0.1, 0.15) is 5.56 Å². The van der Waals surface area contributed by atoms with Crippen LogP contribution < -0.4 is 9.47 Å². The van der Waals surface area contributed by atoms with Crippen LogP contribution in [0.2, 0.25) is 0 Å². The highest BCUT2D eigenvalue weighted by molar-refractivity contribution is 5.92. The van der Waals surface area contributed by atoms with Crippen LogP contribution in [0.1, 0.15) is 24.2 Å². The standard InChI is InChI=1S/C12H16O4/c1-8(2)7-16-10-6-4-5-9(12(13)14)11(10)15-3/h4-6,8H,7H2,1-3H3,(H,13,14). The highest BCUT2D eigenvalue weighted by atomic mass is 16.5. The molecule has 1 N–H and O–H groups in total. The SMILES string of the molecule is COc1c(OCC(C)C)cccc1C(=O)O. The lowest BCUT2D eigenvalue weighted by atomic mass is 10.2. The average Bonchev–Trinajstić information content (AvgIpc) is 2.25. The normalized spacial score (nSPS) is 10.2. The van der Waals surface area contributed by atoms with Crippen LogP contribution in [0.5, 0.6) is 11.5 Å². The maximum atomic E-state index is 10.9.